The van der Waals surface area contributed by atoms with Crippen LogP contribution in [-0.4, -0.2) is 0 Å². The molecule has 2 aliphatic rings. The topological polar surface area (TPSA) is 0 Å². The Labute approximate surface area is 137 Å². The molecule has 0 atom stereocenters. The van der Waals surface area contributed by atoms with E-state index in [0.717, 1.165) is 26.0 Å². The average molecular weight is 361 g/mol. The molecule has 2 aliphatic carbocycles. The van der Waals surface area contributed by atoms with Gasteiger partial charge in [0.05, 0.1) is 0 Å². The molecule has 0 unspecified atom stereocenters. The maximum atomic E-state index is 14.4. The normalized spacial score (nSPS) is 16.2. The first-order valence-electron chi connectivity index (χ1n) is 6.93. The SMILES string of the molecule is F.Fc1cccc(C(F)(F)F)[c]1[Ti]([C]1=CC=CC1)[C]1=CC=CC1. The third-order valence-corrected chi connectivity index (χ3v) is 8.49. The summed E-state index contributed by atoms with van der Waals surface area (Å²) in [5.41, 5.74) is -0.817. The molecule has 121 valence electrons. The molecule has 0 amide bonds. The van der Waals surface area contributed by atoms with Crippen LogP contribution in [0, 0.1) is 5.82 Å². The van der Waals surface area contributed by atoms with Crippen LogP contribution in [0.25, 0.3) is 0 Å². The van der Waals surface area contributed by atoms with Gasteiger partial charge < -0.3 is 0 Å². The van der Waals surface area contributed by atoms with Crippen LogP contribution in [0.3, 0.4) is 0 Å². The van der Waals surface area contributed by atoms with Gasteiger partial charge in [-0.3, -0.25) is 4.70 Å². The van der Waals surface area contributed by atoms with E-state index in [4.69, 9.17) is 0 Å². The molecule has 0 saturated heterocycles. The van der Waals surface area contributed by atoms with Crippen LogP contribution in [0.2, 0.25) is 0 Å². The van der Waals surface area contributed by atoms with E-state index >= 15 is 0 Å². The Bertz CT molecular complexity index is 680. The molecule has 0 aliphatic heterocycles. The van der Waals surface area contributed by atoms with E-state index in [1.54, 1.807) is 0 Å². The zero-order valence-electron chi connectivity index (χ0n) is 12.0. The zero-order chi connectivity index (χ0) is 15.7. The first-order chi connectivity index (χ1) is 10.5. The third kappa shape index (κ3) is 3.56. The van der Waals surface area contributed by atoms with Gasteiger partial charge >= 0.3 is 132 Å². The van der Waals surface area contributed by atoms with Gasteiger partial charge in [0.1, 0.15) is 0 Å². The molecule has 0 aromatic heterocycles. The van der Waals surface area contributed by atoms with Crippen LogP contribution in [0.5, 0.6) is 0 Å². The summed E-state index contributed by atoms with van der Waals surface area (Å²) in [7, 11) is 0. The molecule has 0 saturated carbocycles. The molecule has 1 aromatic carbocycles. The van der Waals surface area contributed by atoms with Crippen molar-refractivity contribution in [1.82, 2.24) is 0 Å². The predicted octanol–water partition coefficient (Wildman–Crippen LogP) is 4.93. The summed E-state index contributed by atoms with van der Waals surface area (Å²) in [5, 5.41) is 0. The molecular weight excluding hydrogens is 347 g/mol. The van der Waals surface area contributed by atoms with Crippen LogP contribution in [0.15, 0.2) is 62.4 Å². The van der Waals surface area contributed by atoms with Crippen LogP contribution >= 0.6 is 0 Å². The standard InChI is InChI=1S/C7H3F4.2C5H5.FH.Ti/c8-6-3-1-2-5(4-6)7(9,10)11;2*1-2-4-5-3-1;;/h1-3H;2*1-3H,4H2;1H;. The fourth-order valence-corrected chi connectivity index (χ4v) is 7.56. The second-order valence-corrected chi connectivity index (χ2v) is 9.14. The fourth-order valence-electron chi connectivity index (χ4n) is 2.81. The molecule has 0 N–H and O–H groups in total. The van der Waals surface area contributed by atoms with Crippen LogP contribution in [0.1, 0.15) is 18.4 Å². The van der Waals surface area contributed by atoms with E-state index in [1.165, 1.54) is 0 Å². The first kappa shape index (κ1) is 17.9. The number of alkyl halides is 3. The Hall–Kier alpha value is -1.46. The van der Waals surface area contributed by atoms with Crippen LogP contribution in [-0.2, 0) is 24.0 Å². The van der Waals surface area contributed by atoms with Gasteiger partial charge in [-0.1, -0.05) is 0 Å². The van der Waals surface area contributed by atoms with Gasteiger partial charge in [0.25, 0.3) is 0 Å². The van der Waals surface area contributed by atoms with Crippen molar-refractivity contribution in [3.05, 3.63) is 73.8 Å². The van der Waals surface area contributed by atoms with Crippen molar-refractivity contribution < 1.29 is 40.1 Å². The Morgan fingerprint density at radius 3 is 1.91 bits per heavy atom. The third-order valence-electron chi connectivity index (χ3n) is 3.75. The second-order valence-electron chi connectivity index (χ2n) is 5.18. The van der Waals surface area contributed by atoms with Crippen molar-refractivity contribution >= 4 is 3.87 Å². The molecular formula is C17H14F5Ti. The second kappa shape index (κ2) is 6.97. The molecule has 0 fully saturated rings. The Balaban J connectivity index is 0.00000192. The van der Waals surface area contributed by atoms with Crippen molar-refractivity contribution in [2.24, 2.45) is 0 Å². The number of benzene rings is 1. The van der Waals surface area contributed by atoms with Gasteiger partial charge in [-0.15, -0.1) is 0 Å². The monoisotopic (exact) mass is 361 g/mol. The maximum absolute atomic E-state index is 14.4. The van der Waals surface area contributed by atoms with Crippen LogP contribution < -0.4 is 3.87 Å². The molecule has 0 spiro atoms. The first-order valence-corrected chi connectivity index (χ1v) is 9.28. The summed E-state index contributed by atoms with van der Waals surface area (Å²) in [5.74, 6) is -0.731. The Morgan fingerprint density at radius 1 is 0.913 bits per heavy atom. The summed E-state index contributed by atoms with van der Waals surface area (Å²) in [4.78, 5) is 0. The quantitative estimate of drug-likeness (QED) is 0.529. The van der Waals surface area contributed by atoms with Crippen molar-refractivity contribution in [3.8, 4) is 0 Å². The predicted molar refractivity (Wildman–Crippen MR) is 77.2 cm³/mol. The number of allylic oxidation sites excluding steroid dienone is 8. The summed E-state index contributed by atoms with van der Waals surface area (Å²) in [6, 6.07) is 3.28. The fraction of sp³-hybridized carbons (Fsp3) is 0.176. The van der Waals surface area contributed by atoms with Gasteiger partial charge in [0, 0.05) is 0 Å². The van der Waals surface area contributed by atoms with Gasteiger partial charge in [0.15, 0.2) is 0 Å². The van der Waals surface area contributed by atoms with Gasteiger partial charge in [0.2, 0.25) is 0 Å². The number of rotatable bonds is 3. The molecule has 0 bridgehead atoms. The van der Waals surface area contributed by atoms with E-state index in [-0.39, 0.29) is 8.57 Å². The molecule has 1 aromatic rings. The van der Waals surface area contributed by atoms with Crippen molar-refractivity contribution in [2.75, 3.05) is 0 Å². The summed E-state index contributed by atoms with van der Waals surface area (Å²) in [6.45, 7) is 0. The van der Waals surface area contributed by atoms with E-state index < -0.39 is 35.4 Å². The Morgan fingerprint density at radius 2 is 1.48 bits per heavy atom. The van der Waals surface area contributed by atoms with E-state index in [0.29, 0.717) is 12.8 Å². The van der Waals surface area contributed by atoms with Crippen LogP contribution in [0.4, 0.5) is 22.3 Å². The minimum atomic E-state index is -4.53. The van der Waals surface area contributed by atoms with Gasteiger partial charge in [-0.2, -0.15) is 0 Å². The average Bonchev–Trinajstić information content (AvgIpc) is 3.13. The molecule has 0 radical (unpaired) electrons. The molecule has 3 rings (SSSR count). The van der Waals surface area contributed by atoms with Gasteiger partial charge in [-0.25, -0.2) is 0 Å². The van der Waals surface area contributed by atoms with Gasteiger partial charge in [-0.05, 0) is 0 Å². The summed E-state index contributed by atoms with van der Waals surface area (Å²) in [6.07, 6.45) is 7.96. The summed E-state index contributed by atoms with van der Waals surface area (Å²) >= 11 is -2.72. The molecule has 23 heavy (non-hydrogen) atoms. The van der Waals surface area contributed by atoms with E-state index in [9.17, 15) is 17.6 Å². The number of hydrogen-bond acceptors (Lipinski definition) is 0. The minimum absolute atomic E-state index is 0. The Kier molecular flexibility index (Phi) is 5.43. The number of halogens is 5. The number of hydrogen-bond donors (Lipinski definition) is 0. The summed E-state index contributed by atoms with van der Waals surface area (Å²) < 4.78 is 56.3. The van der Waals surface area contributed by atoms with Crippen molar-refractivity contribution in [1.29, 1.82) is 0 Å². The van der Waals surface area contributed by atoms with E-state index in [2.05, 4.69) is 0 Å². The zero-order valence-corrected chi connectivity index (χ0v) is 13.6. The molecule has 0 heterocycles. The van der Waals surface area contributed by atoms with E-state index in [1.807, 2.05) is 36.5 Å². The molecule has 6 heteroatoms. The molecule has 0 nitrogen and oxygen atoms in total. The van der Waals surface area contributed by atoms with Crippen molar-refractivity contribution in [2.45, 2.75) is 19.0 Å². The van der Waals surface area contributed by atoms with Crippen molar-refractivity contribution in [3.63, 3.8) is 0 Å².